The van der Waals surface area contributed by atoms with Crippen molar-refractivity contribution in [2.24, 2.45) is 10.2 Å². The summed E-state index contributed by atoms with van der Waals surface area (Å²) >= 11 is 0. The van der Waals surface area contributed by atoms with E-state index in [1.165, 1.54) is 18.2 Å². The number of aromatic carboxylic acids is 1. The van der Waals surface area contributed by atoms with Gasteiger partial charge in [0.1, 0.15) is 17.5 Å². The fourth-order valence-electron chi connectivity index (χ4n) is 3.70. The van der Waals surface area contributed by atoms with Gasteiger partial charge in [-0.3, -0.25) is 19.8 Å². The van der Waals surface area contributed by atoms with Crippen molar-refractivity contribution in [3.8, 4) is 5.75 Å². The molecule has 0 saturated carbocycles. The number of imide groups is 1. The number of hydrogen-bond acceptors (Lipinski definition) is 8. The van der Waals surface area contributed by atoms with Crippen molar-refractivity contribution in [1.82, 2.24) is 10.2 Å². The van der Waals surface area contributed by atoms with Gasteiger partial charge in [0.25, 0.3) is 0 Å². The van der Waals surface area contributed by atoms with Gasteiger partial charge in [-0.2, -0.15) is 10.2 Å². The van der Waals surface area contributed by atoms with Crippen LogP contribution in [0.3, 0.4) is 0 Å². The zero-order valence-electron chi connectivity index (χ0n) is 15.6. The number of aromatic hydroxyl groups is 1. The number of carbonyl (C=O) groups excluding carboxylic acids is 2. The number of benzene rings is 2. The van der Waals surface area contributed by atoms with Crippen molar-refractivity contribution in [3.63, 3.8) is 0 Å². The lowest BCUT2D eigenvalue weighted by atomic mass is 10.0. The molecule has 0 aromatic heterocycles. The predicted molar refractivity (Wildman–Crippen MR) is 102 cm³/mol. The number of amides is 2. The first-order chi connectivity index (χ1) is 14.3. The summed E-state index contributed by atoms with van der Waals surface area (Å²) in [7, 11) is 0. The molecule has 2 aromatic carbocycles. The van der Waals surface area contributed by atoms with Crippen LogP contribution in [-0.4, -0.2) is 44.0 Å². The van der Waals surface area contributed by atoms with Gasteiger partial charge in [0, 0.05) is 24.1 Å². The maximum absolute atomic E-state index is 12.2. The van der Waals surface area contributed by atoms with Crippen molar-refractivity contribution in [2.75, 3.05) is 0 Å². The fourth-order valence-corrected chi connectivity index (χ4v) is 3.70. The van der Waals surface area contributed by atoms with Gasteiger partial charge in [0.2, 0.25) is 11.8 Å². The van der Waals surface area contributed by atoms with Gasteiger partial charge in [-0.25, -0.2) is 4.79 Å². The second kappa shape index (κ2) is 7.65. The molecular weight excluding hydrogens is 392 g/mol. The van der Waals surface area contributed by atoms with Gasteiger partial charge in [-0.15, -0.1) is 0 Å². The molecule has 30 heavy (non-hydrogen) atoms. The highest BCUT2D eigenvalue weighted by Gasteiger charge is 2.40. The molecule has 0 spiro atoms. The molecule has 2 aliphatic heterocycles. The molecule has 154 valence electrons. The molecule has 2 amide bonds. The van der Waals surface area contributed by atoms with E-state index in [0.29, 0.717) is 23.2 Å². The van der Waals surface area contributed by atoms with E-state index in [9.17, 15) is 24.6 Å². The average molecular weight is 410 g/mol. The number of rotatable bonds is 4. The number of carbonyl (C=O) groups is 3. The first-order valence-electron chi connectivity index (χ1n) is 9.22. The normalized spacial score (nSPS) is 21.6. The van der Waals surface area contributed by atoms with Crippen LogP contribution < -0.4 is 5.32 Å². The van der Waals surface area contributed by atoms with Gasteiger partial charge in [0.15, 0.2) is 0 Å². The van der Waals surface area contributed by atoms with Crippen molar-refractivity contribution in [2.45, 2.75) is 31.7 Å². The van der Waals surface area contributed by atoms with Crippen LogP contribution in [0.2, 0.25) is 0 Å². The van der Waals surface area contributed by atoms with Crippen molar-refractivity contribution in [3.05, 3.63) is 53.1 Å². The summed E-state index contributed by atoms with van der Waals surface area (Å²) in [4.78, 5) is 36.4. The second-order valence-corrected chi connectivity index (χ2v) is 7.06. The Labute approximate surface area is 170 Å². The molecule has 1 fully saturated rings. The van der Waals surface area contributed by atoms with Crippen LogP contribution in [0.1, 0.15) is 40.6 Å². The predicted octanol–water partition coefficient (Wildman–Crippen LogP) is 2.12. The van der Waals surface area contributed by atoms with E-state index < -0.39 is 24.1 Å². The number of nitrogens with one attached hydrogen (secondary N) is 1. The minimum atomic E-state index is -1.28. The van der Waals surface area contributed by atoms with E-state index in [-0.39, 0.29) is 35.9 Å². The number of phenols is 1. The second-order valence-electron chi connectivity index (χ2n) is 7.06. The molecule has 2 aromatic rings. The van der Waals surface area contributed by atoms with Crippen molar-refractivity contribution >= 4 is 29.2 Å². The van der Waals surface area contributed by atoms with E-state index in [0.717, 1.165) is 0 Å². The monoisotopic (exact) mass is 410 g/mol. The Morgan fingerprint density at radius 1 is 1.17 bits per heavy atom. The number of aliphatic hydroxyl groups excluding tert-OH is 1. The van der Waals surface area contributed by atoms with Crippen LogP contribution in [0.25, 0.3) is 0 Å². The molecule has 4 N–H and O–H groups in total. The average Bonchev–Trinajstić information content (AvgIpc) is 3.04. The fraction of sp³-hybridized carbons (Fsp3) is 0.250. The third kappa shape index (κ3) is 3.53. The number of azo groups is 1. The molecule has 10 nitrogen and oxygen atoms in total. The molecule has 4 rings (SSSR count). The summed E-state index contributed by atoms with van der Waals surface area (Å²) in [6.07, 6.45) is -0.501. The van der Waals surface area contributed by atoms with Crippen LogP contribution >= 0.6 is 0 Å². The molecule has 1 saturated heterocycles. The highest BCUT2D eigenvalue weighted by molar-refractivity contribution is 6.00. The Bertz CT molecular complexity index is 1080. The van der Waals surface area contributed by atoms with E-state index in [2.05, 4.69) is 15.5 Å². The number of piperidine rings is 1. The highest BCUT2D eigenvalue weighted by atomic mass is 16.4. The minimum absolute atomic E-state index is 0.204. The van der Waals surface area contributed by atoms with E-state index >= 15 is 0 Å². The largest absolute Gasteiger partial charge is 0.507 e. The molecule has 0 bridgehead atoms. The number of aliphatic hydroxyl groups is 1. The third-order valence-corrected chi connectivity index (χ3v) is 5.21. The maximum Gasteiger partial charge on any atom is 0.339 e. The van der Waals surface area contributed by atoms with Crippen LogP contribution in [-0.2, 0) is 16.1 Å². The van der Waals surface area contributed by atoms with Crippen molar-refractivity contribution in [1.29, 1.82) is 0 Å². The molecule has 2 unspecified atom stereocenters. The van der Waals surface area contributed by atoms with Gasteiger partial charge >= 0.3 is 5.97 Å². The summed E-state index contributed by atoms with van der Waals surface area (Å²) in [6, 6.07) is 8.35. The van der Waals surface area contributed by atoms with E-state index in [1.807, 2.05) is 0 Å². The maximum atomic E-state index is 12.2. The quantitative estimate of drug-likeness (QED) is 0.445. The Morgan fingerprint density at radius 2 is 1.97 bits per heavy atom. The topological polar surface area (TPSA) is 152 Å². The van der Waals surface area contributed by atoms with E-state index in [4.69, 9.17) is 5.11 Å². The summed E-state index contributed by atoms with van der Waals surface area (Å²) < 4.78 is 0. The van der Waals surface area contributed by atoms with Gasteiger partial charge < -0.3 is 15.3 Å². The molecule has 0 aliphatic carbocycles. The minimum Gasteiger partial charge on any atom is -0.507 e. The molecule has 2 aliphatic rings. The van der Waals surface area contributed by atoms with Crippen LogP contribution in [0, 0.1) is 0 Å². The Balaban J connectivity index is 1.60. The van der Waals surface area contributed by atoms with Crippen LogP contribution in [0.4, 0.5) is 11.4 Å². The third-order valence-electron chi connectivity index (χ3n) is 5.21. The number of carboxylic acid groups (broad SMARTS) is 1. The molecule has 2 heterocycles. The molecule has 10 heteroatoms. The first kappa shape index (κ1) is 19.7. The first-order valence-corrected chi connectivity index (χ1v) is 9.22. The Kier molecular flexibility index (Phi) is 5.02. The molecule has 2 atom stereocenters. The van der Waals surface area contributed by atoms with E-state index in [1.54, 1.807) is 23.1 Å². The van der Waals surface area contributed by atoms with Gasteiger partial charge in [-0.1, -0.05) is 12.1 Å². The number of nitrogens with zero attached hydrogens (tertiary/aromatic N) is 3. The number of fused-ring (bicyclic) bond motifs is 1. The smallest absolute Gasteiger partial charge is 0.339 e. The van der Waals surface area contributed by atoms with Crippen molar-refractivity contribution < 1.29 is 29.7 Å². The van der Waals surface area contributed by atoms with Crippen LogP contribution in [0.15, 0.2) is 46.6 Å². The zero-order valence-corrected chi connectivity index (χ0v) is 15.6. The lowest BCUT2D eigenvalue weighted by molar-refractivity contribution is -0.141. The SMILES string of the molecule is O=C1CCC(N2Cc3c(N=Nc4ccc(O)c(C(=O)O)c4)cccc3C2O)C(=O)N1. The standard InChI is InChI=1S/C20H18N4O6/c25-16-6-4-10(8-12(16)20(29)30)22-23-14-3-1-2-11-13(14)9-24(19(11)28)15-5-7-17(26)21-18(15)27/h1-4,6,8,15,19,25,28H,5,7,9H2,(H,29,30)(H,21,26,27). The van der Waals surface area contributed by atoms with Crippen LogP contribution in [0.5, 0.6) is 5.75 Å². The Morgan fingerprint density at radius 3 is 2.70 bits per heavy atom. The zero-order chi connectivity index (χ0) is 21.4. The summed E-state index contributed by atoms with van der Waals surface area (Å²) in [5, 5.41) is 39.9. The number of hydrogen-bond donors (Lipinski definition) is 4. The van der Waals surface area contributed by atoms with Gasteiger partial charge in [0.05, 0.1) is 17.4 Å². The summed E-state index contributed by atoms with van der Waals surface area (Å²) in [5.74, 6) is -2.42. The lowest BCUT2D eigenvalue weighted by Gasteiger charge is -2.31. The molecular formula is C20H18N4O6. The summed E-state index contributed by atoms with van der Waals surface area (Å²) in [6.45, 7) is 0.244. The lowest BCUT2D eigenvalue weighted by Crippen LogP contribution is -2.51. The highest BCUT2D eigenvalue weighted by Crippen LogP contribution is 2.40. The van der Waals surface area contributed by atoms with Gasteiger partial charge in [-0.05, 0) is 30.7 Å². The number of carboxylic acids is 1. The Hall–Kier alpha value is -3.63. The molecule has 0 radical (unpaired) electrons. The summed E-state index contributed by atoms with van der Waals surface area (Å²) in [5.41, 5.74) is 1.70.